The van der Waals surface area contributed by atoms with Gasteiger partial charge in [0.05, 0.1) is 17.7 Å². The van der Waals surface area contributed by atoms with E-state index in [1.54, 1.807) is 0 Å². The number of carbonyl (C=O) groups is 1. The van der Waals surface area contributed by atoms with Gasteiger partial charge in [-0.15, -0.1) is 0 Å². The lowest BCUT2D eigenvalue weighted by atomic mass is 9.78. The zero-order valence-corrected chi connectivity index (χ0v) is 36.2. The van der Waals surface area contributed by atoms with Crippen molar-refractivity contribution in [2.45, 2.75) is 101 Å². The largest absolute Gasteiger partial charge is 0.454 e. The van der Waals surface area contributed by atoms with Crippen molar-refractivity contribution in [1.29, 1.82) is 0 Å². The van der Waals surface area contributed by atoms with Crippen LogP contribution in [0.3, 0.4) is 0 Å². The van der Waals surface area contributed by atoms with Crippen LogP contribution < -0.4 is 30.2 Å². The highest BCUT2D eigenvalue weighted by molar-refractivity contribution is 7.00. The van der Waals surface area contributed by atoms with E-state index < -0.39 is 28.3 Å². The number of nitrogens with zero attached hydrogens (tertiary/aromatic N) is 1. The van der Waals surface area contributed by atoms with Gasteiger partial charge in [0.25, 0.3) is 16.6 Å². The SMILES string of the molecule is CC(C)(C)[Si](O[C@@H]1[C@H]2c3cc4c(cc3CCN3C(=O)CC[C@]23C[C@H]1O[Si](c1ccccc1)(c1ccccc1)C(C)(C)C)OCO4)(c1ccccc1)c1ccccc1. The normalized spacial score (nSPS) is 23.2. The fraction of sp³-hybridized carbons (Fsp3) is 0.367. The molecular weight excluding hydrogens is 739 g/mol. The predicted molar refractivity (Wildman–Crippen MR) is 232 cm³/mol. The first-order valence-corrected chi connectivity index (χ1v) is 24.5. The molecule has 3 heterocycles. The van der Waals surface area contributed by atoms with Gasteiger partial charge in [0, 0.05) is 18.9 Å². The molecule has 6 nitrogen and oxygen atoms in total. The molecule has 1 saturated heterocycles. The number of rotatable bonds is 8. The lowest BCUT2D eigenvalue weighted by Gasteiger charge is -2.49. The topological polar surface area (TPSA) is 57.2 Å². The van der Waals surface area contributed by atoms with Crippen molar-refractivity contribution in [3.63, 3.8) is 0 Å². The predicted octanol–water partition coefficient (Wildman–Crippen LogP) is 7.71. The molecule has 0 radical (unpaired) electrons. The summed E-state index contributed by atoms with van der Waals surface area (Å²) in [6, 6.07) is 48.2. The third kappa shape index (κ3) is 5.97. The minimum Gasteiger partial charge on any atom is -0.454 e. The third-order valence-corrected chi connectivity index (χ3v) is 23.6. The molecule has 4 aliphatic rings. The van der Waals surface area contributed by atoms with E-state index >= 15 is 0 Å². The van der Waals surface area contributed by atoms with Crippen molar-refractivity contribution in [1.82, 2.24) is 4.90 Å². The molecule has 9 rings (SSSR count). The van der Waals surface area contributed by atoms with Crippen LogP contribution >= 0.6 is 0 Å². The summed E-state index contributed by atoms with van der Waals surface area (Å²) >= 11 is 0. The molecule has 1 spiro atoms. The van der Waals surface area contributed by atoms with Crippen LogP contribution in [0, 0.1) is 0 Å². The summed E-state index contributed by atoms with van der Waals surface area (Å²) < 4.78 is 28.8. The highest BCUT2D eigenvalue weighted by Gasteiger charge is 2.67. The van der Waals surface area contributed by atoms with Crippen LogP contribution in [0.25, 0.3) is 0 Å². The minimum absolute atomic E-state index is 0.166. The summed E-state index contributed by atoms with van der Waals surface area (Å²) in [5.74, 6) is 1.60. The van der Waals surface area contributed by atoms with Crippen LogP contribution in [-0.2, 0) is 20.1 Å². The molecule has 5 aromatic carbocycles. The summed E-state index contributed by atoms with van der Waals surface area (Å²) in [7, 11) is -6.26. The standard InChI is InChI=1S/C49H55NO5Si2/c1-47(2,3)56(36-19-11-7-12-20-36,37-21-13-8-14-22-37)54-43-33-49-29-27-44(51)50(49)30-28-35-31-41-42(53-34-52-41)32-40(35)45(49)46(43)55-57(48(4,5)6,38-23-15-9-16-24-38)39-25-17-10-18-26-39/h7-26,31-32,43,45-46H,27-30,33-34H2,1-6H3/t43-,45-,46+,49+/m1/s1. The van der Waals surface area contributed by atoms with Crippen molar-refractivity contribution in [2.75, 3.05) is 13.3 Å². The van der Waals surface area contributed by atoms with Crippen LogP contribution in [-0.4, -0.2) is 58.5 Å². The van der Waals surface area contributed by atoms with Crippen molar-refractivity contribution in [3.8, 4) is 11.5 Å². The van der Waals surface area contributed by atoms with E-state index in [4.69, 9.17) is 18.3 Å². The molecule has 8 heteroatoms. The van der Waals surface area contributed by atoms with Gasteiger partial charge in [0.1, 0.15) is 0 Å². The Hall–Kier alpha value is -4.48. The molecule has 2 fully saturated rings. The van der Waals surface area contributed by atoms with Crippen LogP contribution in [0.15, 0.2) is 133 Å². The van der Waals surface area contributed by atoms with E-state index in [-0.39, 0.29) is 34.8 Å². The molecule has 1 saturated carbocycles. The van der Waals surface area contributed by atoms with Gasteiger partial charge in [-0.3, -0.25) is 4.79 Å². The smallest absolute Gasteiger partial charge is 0.261 e. The van der Waals surface area contributed by atoms with Crippen molar-refractivity contribution < 1.29 is 23.1 Å². The maximum atomic E-state index is 14.3. The van der Waals surface area contributed by atoms with Crippen molar-refractivity contribution in [2.24, 2.45) is 0 Å². The Morgan fingerprint density at radius 3 is 1.56 bits per heavy atom. The van der Waals surface area contributed by atoms with Crippen LogP contribution in [0.5, 0.6) is 11.5 Å². The average Bonchev–Trinajstić information content (AvgIpc) is 3.86. The zero-order chi connectivity index (χ0) is 39.6. The third-order valence-electron chi connectivity index (χ3n) is 13.5. The van der Waals surface area contributed by atoms with E-state index in [0.717, 1.165) is 24.3 Å². The molecule has 0 bridgehead atoms. The molecular formula is C49H55NO5Si2. The van der Waals surface area contributed by atoms with Gasteiger partial charge >= 0.3 is 0 Å². The highest BCUT2D eigenvalue weighted by Crippen LogP contribution is 2.59. The summed E-state index contributed by atoms with van der Waals surface area (Å²) in [4.78, 5) is 16.5. The number of fused-ring (bicyclic) bond motifs is 3. The van der Waals surface area contributed by atoms with Crippen LogP contribution in [0.1, 0.15) is 77.8 Å². The second-order valence-electron chi connectivity index (χ2n) is 18.6. The Bertz CT molecular complexity index is 2160. The van der Waals surface area contributed by atoms with Crippen LogP contribution in [0.4, 0.5) is 0 Å². The van der Waals surface area contributed by atoms with E-state index in [2.05, 4.69) is 180 Å². The molecule has 1 aliphatic carbocycles. The summed E-state index contributed by atoms with van der Waals surface area (Å²) in [5, 5.41) is 4.40. The summed E-state index contributed by atoms with van der Waals surface area (Å²) in [6.45, 7) is 15.0. The number of hydrogen-bond acceptors (Lipinski definition) is 5. The molecule has 5 aromatic rings. The Morgan fingerprint density at radius 1 is 0.632 bits per heavy atom. The first kappa shape index (κ1) is 38.1. The van der Waals surface area contributed by atoms with Gasteiger partial charge in [-0.2, -0.15) is 0 Å². The Balaban J connectivity index is 1.33. The average molecular weight is 794 g/mol. The quantitative estimate of drug-likeness (QED) is 0.151. The fourth-order valence-corrected chi connectivity index (χ4v) is 20.5. The summed E-state index contributed by atoms with van der Waals surface area (Å²) in [5.41, 5.74) is 1.91. The zero-order valence-electron chi connectivity index (χ0n) is 34.2. The molecule has 0 aromatic heterocycles. The van der Waals surface area contributed by atoms with Gasteiger partial charge in [-0.1, -0.05) is 163 Å². The number of hydrogen-bond donors (Lipinski definition) is 0. The maximum Gasteiger partial charge on any atom is 0.261 e. The van der Waals surface area contributed by atoms with Gasteiger partial charge in [-0.05, 0) is 73.3 Å². The van der Waals surface area contributed by atoms with Crippen LogP contribution in [0.2, 0.25) is 10.1 Å². The van der Waals surface area contributed by atoms with Gasteiger partial charge in [-0.25, -0.2) is 0 Å². The van der Waals surface area contributed by atoms with Gasteiger partial charge in [0.15, 0.2) is 11.5 Å². The Kier molecular flexibility index (Phi) is 9.43. The van der Waals surface area contributed by atoms with E-state index in [9.17, 15) is 4.79 Å². The Morgan fingerprint density at radius 2 is 1.09 bits per heavy atom. The maximum absolute atomic E-state index is 14.3. The first-order valence-electron chi connectivity index (χ1n) is 20.7. The number of amides is 1. The molecule has 1 amide bonds. The minimum atomic E-state index is -3.16. The lowest BCUT2D eigenvalue weighted by molar-refractivity contribution is -0.131. The lowest BCUT2D eigenvalue weighted by Crippen LogP contribution is -2.70. The molecule has 0 N–H and O–H groups in total. The fourth-order valence-electron chi connectivity index (χ4n) is 11.1. The van der Waals surface area contributed by atoms with Gasteiger partial charge < -0.3 is 23.2 Å². The van der Waals surface area contributed by atoms with Gasteiger partial charge in [0.2, 0.25) is 12.7 Å². The van der Waals surface area contributed by atoms with E-state index in [1.165, 1.54) is 31.9 Å². The molecule has 294 valence electrons. The first-order chi connectivity index (χ1) is 27.4. The molecule has 0 unspecified atom stereocenters. The van der Waals surface area contributed by atoms with E-state index in [1.807, 2.05) is 0 Å². The second-order valence-corrected chi connectivity index (χ2v) is 27.1. The molecule has 57 heavy (non-hydrogen) atoms. The summed E-state index contributed by atoms with van der Waals surface area (Å²) in [6.07, 6.45) is 1.98. The number of benzene rings is 5. The second kappa shape index (κ2) is 14.1. The number of ether oxygens (including phenoxy) is 2. The monoisotopic (exact) mass is 793 g/mol. The highest BCUT2D eigenvalue weighted by atomic mass is 28.4. The molecule has 3 aliphatic heterocycles. The Labute approximate surface area is 340 Å². The number of carbonyl (C=O) groups excluding carboxylic acids is 1. The molecule has 4 atom stereocenters. The van der Waals surface area contributed by atoms with Crippen molar-refractivity contribution in [3.05, 3.63) is 145 Å². The van der Waals surface area contributed by atoms with E-state index in [0.29, 0.717) is 19.4 Å². The van der Waals surface area contributed by atoms with Crippen molar-refractivity contribution >= 4 is 43.3 Å².